The molecule has 1 heterocycles. The van der Waals surface area contributed by atoms with E-state index in [0.717, 1.165) is 16.9 Å². The highest BCUT2D eigenvalue weighted by molar-refractivity contribution is 7.10. The number of carbonyl (C=O) groups is 1. The van der Waals surface area contributed by atoms with Crippen molar-refractivity contribution in [3.8, 4) is 6.07 Å². The van der Waals surface area contributed by atoms with Crippen molar-refractivity contribution in [3.63, 3.8) is 0 Å². The Bertz CT molecular complexity index is 899. The Labute approximate surface area is 163 Å². The van der Waals surface area contributed by atoms with Gasteiger partial charge in [-0.1, -0.05) is 48.5 Å². The normalized spacial score (nSPS) is 12.6. The molecule has 0 saturated carbocycles. The molecule has 3 rings (SSSR count). The molecular formula is C22H21N3OS. The van der Waals surface area contributed by atoms with Gasteiger partial charge in [0.15, 0.2) is 0 Å². The van der Waals surface area contributed by atoms with Crippen LogP contribution in [0.15, 0.2) is 72.1 Å². The maximum absolute atomic E-state index is 12.6. The third-order valence-electron chi connectivity index (χ3n) is 4.36. The Hall–Kier alpha value is -3.10. The molecule has 0 saturated heterocycles. The molecule has 1 aromatic heterocycles. The number of amides is 2. The molecule has 0 aliphatic carbocycles. The van der Waals surface area contributed by atoms with Gasteiger partial charge < -0.3 is 10.6 Å². The lowest BCUT2D eigenvalue weighted by molar-refractivity contribution is 0.234. The number of nitrogens with zero attached hydrogens (tertiary/aromatic N) is 1. The summed E-state index contributed by atoms with van der Waals surface area (Å²) < 4.78 is 0. The highest BCUT2D eigenvalue weighted by Gasteiger charge is 2.18. The predicted octanol–water partition coefficient (Wildman–Crippen LogP) is 4.96. The first-order chi connectivity index (χ1) is 13.2. The Balaban J connectivity index is 1.66. The highest BCUT2D eigenvalue weighted by Crippen LogP contribution is 2.23. The van der Waals surface area contributed by atoms with Crippen LogP contribution in [0.4, 0.5) is 4.79 Å². The van der Waals surface area contributed by atoms with E-state index < -0.39 is 0 Å². The first-order valence-electron chi connectivity index (χ1n) is 8.80. The van der Waals surface area contributed by atoms with Crippen LogP contribution in [0.1, 0.15) is 40.6 Å². The lowest BCUT2D eigenvalue weighted by Crippen LogP contribution is -2.39. The van der Waals surface area contributed by atoms with Crippen LogP contribution in [0.2, 0.25) is 0 Å². The molecule has 27 heavy (non-hydrogen) atoms. The van der Waals surface area contributed by atoms with Gasteiger partial charge in [-0.05, 0) is 48.1 Å². The van der Waals surface area contributed by atoms with Crippen molar-refractivity contribution in [2.75, 3.05) is 0 Å². The quantitative estimate of drug-likeness (QED) is 0.639. The molecule has 0 aliphatic rings. The van der Waals surface area contributed by atoms with Crippen LogP contribution in [0.5, 0.6) is 0 Å². The summed E-state index contributed by atoms with van der Waals surface area (Å²) in [5.74, 6) is 0. The molecule has 0 aliphatic heterocycles. The van der Waals surface area contributed by atoms with Gasteiger partial charge in [0, 0.05) is 4.88 Å². The third-order valence-corrected chi connectivity index (χ3v) is 5.35. The van der Waals surface area contributed by atoms with Gasteiger partial charge in [0.25, 0.3) is 0 Å². The number of nitrogens with one attached hydrogen (secondary N) is 2. The summed E-state index contributed by atoms with van der Waals surface area (Å²) in [5, 5.41) is 17.0. The first-order valence-corrected chi connectivity index (χ1v) is 9.68. The van der Waals surface area contributed by atoms with Crippen LogP contribution in [0.25, 0.3) is 0 Å². The second-order valence-electron chi connectivity index (χ2n) is 6.33. The van der Waals surface area contributed by atoms with Crippen molar-refractivity contribution >= 4 is 17.4 Å². The van der Waals surface area contributed by atoms with Gasteiger partial charge >= 0.3 is 6.03 Å². The van der Waals surface area contributed by atoms with Gasteiger partial charge in [0.2, 0.25) is 0 Å². The number of rotatable bonds is 6. The zero-order valence-corrected chi connectivity index (χ0v) is 15.9. The van der Waals surface area contributed by atoms with Gasteiger partial charge in [-0.15, -0.1) is 11.3 Å². The van der Waals surface area contributed by atoms with Gasteiger partial charge in [0.1, 0.15) is 0 Å². The number of hydrogen-bond donors (Lipinski definition) is 2. The van der Waals surface area contributed by atoms with Crippen LogP contribution in [-0.2, 0) is 6.42 Å². The molecule has 2 aromatic carbocycles. The summed E-state index contributed by atoms with van der Waals surface area (Å²) >= 11 is 1.64. The summed E-state index contributed by atoms with van der Waals surface area (Å²) in [4.78, 5) is 13.7. The molecule has 0 radical (unpaired) electrons. The van der Waals surface area contributed by atoms with E-state index in [1.165, 1.54) is 5.56 Å². The molecular weight excluding hydrogens is 354 g/mol. The smallest absolute Gasteiger partial charge is 0.315 e. The first kappa shape index (κ1) is 18.7. The van der Waals surface area contributed by atoms with Crippen LogP contribution in [0, 0.1) is 11.3 Å². The Kier molecular flexibility index (Phi) is 6.24. The number of nitriles is 1. The second-order valence-corrected chi connectivity index (χ2v) is 7.31. The van der Waals surface area contributed by atoms with Crippen LogP contribution >= 0.6 is 11.3 Å². The van der Waals surface area contributed by atoms with E-state index in [1.54, 1.807) is 23.5 Å². The summed E-state index contributed by atoms with van der Waals surface area (Å²) in [5.41, 5.74) is 2.74. The lowest BCUT2D eigenvalue weighted by Gasteiger charge is -2.21. The third kappa shape index (κ3) is 5.19. The fourth-order valence-corrected chi connectivity index (χ4v) is 3.67. The number of urea groups is 1. The average Bonchev–Trinajstić information content (AvgIpc) is 3.23. The molecule has 2 atom stereocenters. The molecule has 2 N–H and O–H groups in total. The monoisotopic (exact) mass is 375 g/mol. The number of carbonyl (C=O) groups excluding carboxylic acids is 1. The Morgan fingerprint density at radius 1 is 1.04 bits per heavy atom. The minimum absolute atomic E-state index is 0.0828. The van der Waals surface area contributed by atoms with E-state index in [9.17, 15) is 4.79 Å². The fraction of sp³-hybridized carbons (Fsp3) is 0.182. The van der Waals surface area contributed by atoms with E-state index >= 15 is 0 Å². The van der Waals surface area contributed by atoms with Crippen LogP contribution in [0.3, 0.4) is 0 Å². The van der Waals surface area contributed by atoms with Crippen molar-refractivity contribution < 1.29 is 4.79 Å². The minimum atomic E-state index is -0.207. The minimum Gasteiger partial charge on any atom is -0.332 e. The fourth-order valence-electron chi connectivity index (χ4n) is 2.89. The molecule has 4 nitrogen and oxygen atoms in total. The lowest BCUT2D eigenvalue weighted by atomic mass is 10.0. The maximum Gasteiger partial charge on any atom is 0.315 e. The molecule has 2 unspecified atom stereocenters. The Morgan fingerprint density at radius 3 is 2.41 bits per heavy atom. The zero-order valence-electron chi connectivity index (χ0n) is 15.1. The largest absolute Gasteiger partial charge is 0.332 e. The summed E-state index contributed by atoms with van der Waals surface area (Å²) in [6.45, 7) is 1.93. The summed E-state index contributed by atoms with van der Waals surface area (Å²) in [6, 6.07) is 23.1. The topological polar surface area (TPSA) is 64.9 Å². The number of benzene rings is 2. The van der Waals surface area contributed by atoms with E-state index in [1.807, 2.05) is 54.8 Å². The van der Waals surface area contributed by atoms with Crippen LogP contribution in [-0.4, -0.2) is 6.03 Å². The average molecular weight is 375 g/mol. The Morgan fingerprint density at radius 2 is 1.78 bits per heavy atom. The summed E-state index contributed by atoms with van der Waals surface area (Å²) in [7, 11) is 0. The molecule has 0 spiro atoms. The molecule has 3 aromatic rings. The molecule has 2 amide bonds. The van der Waals surface area contributed by atoms with Gasteiger partial charge in [0.05, 0.1) is 23.7 Å². The van der Waals surface area contributed by atoms with Gasteiger partial charge in [-0.25, -0.2) is 4.79 Å². The van der Waals surface area contributed by atoms with Crippen molar-refractivity contribution in [1.29, 1.82) is 5.26 Å². The van der Waals surface area contributed by atoms with Gasteiger partial charge in [-0.3, -0.25) is 0 Å². The zero-order chi connectivity index (χ0) is 19.1. The van der Waals surface area contributed by atoms with E-state index in [-0.39, 0.29) is 18.1 Å². The SMILES string of the molecule is CC(NC(=O)NC(Cc1ccccc1)c1cccs1)c1ccc(C#N)cc1. The van der Waals surface area contributed by atoms with Crippen molar-refractivity contribution in [2.45, 2.75) is 25.4 Å². The standard InChI is InChI=1S/C22H21N3OS/c1-16(19-11-9-18(15-23)10-12-19)24-22(26)25-20(21-8-5-13-27-21)14-17-6-3-2-4-7-17/h2-13,16,20H,14H2,1H3,(H2,24,25,26). The van der Waals surface area contributed by atoms with Crippen molar-refractivity contribution in [3.05, 3.63) is 93.7 Å². The number of thiophene rings is 1. The number of hydrogen-bond acceptors (Lipinski definition) is 3. The molecule has 5 heteroatoms. The van der Waals surface area contributed by atoms with Gasteiger partial charge in [-0.2, -0.15) is 5.26 Å². The van der Waals surface area contributed by atoms with Crippen LogP contribution < -0.4 is 10.6 Å². The molecule has 136 valence electrons. The summed E-state index contributed by atoms with van der Waals surface area (Å²) in [6.07, 6.45) is 0.736. The second kappa shape index (κ2) is 9.02. The molecule has 0 fully saturated rings. The molecule has 0 bridgehead atoms. The van der Waals surface area contributed by atoms with Crippen molar-refractivity contribution in [1.82, 2.24) is 10.6 Å². The van der Waals surface area contributed by atoms with E-state index in [0.29, 0.717) is 5.56 Å². The highest BCUT2D eigenvalue weighted by atomic mass is 32.1. The predicted molar refractivity (Wildman–Crippen MR) is 108 cm³/mol. The van der Waals surface area contributed by atoms with E-state index in [4.69, 9.17) is 5.26 Å². The van der Waals surface area contributed by atoms with E-state index in [2.05, 4.69) is 28.8 Å². The maximum atomic E-state index is 12.6. The van der Waals surface area contributed by atoms with Crippen molar-refractivity contribution in [2.24, 2.45) is 0 Å².